The third-order valence-electron chi connectivity index (χ3n) is 5.45. The molecule has 2 unspecified atom stereocenters. The van der Waals surface area contributed by atoms with Crippen molar-refractivity contribution in [2.24, 2.45) is 5.73 Å². The second kappa shape index (κ2) is 6.44. The van der Waals surface area contributed by atoms with Crippen LogP contribution in [0.3, 0.4) is 0 Å². The highest BCUT2D eigenvalue weighted by atomic mass is 16.2. The van der Waals surface area contributed by atoms with Crippen LogP contribution in [-0.4, -0.2) is 53.5 Å². The van der Waals surface area contributed by atoms with Crippen LogP contribution in [0.4, 0.5) is 0 Å². The van der Waals surface area contributed by atoms with Crippen molar-refractivity contribution in [1.29, 1.82) is 0 Å². The molecule has 1 amide bonds. The number of likely N-dealkylation sites (tertiary alicyclic amines) is 1. The lowest BCUT2D eigenvalue weighted by Gasteiger charge is -2.38. The van der Waals surface area contributed by atoms with Gasteiger partial charge in [-0.1, -0.05) is 19.3 Å². The summed E-state index contributed by atoms with van der Waals surface area (Å²) < 4.78 is 0. The zero-order valence-corrected chi connectivity index (χ0v) is 12.6. The zero-order valence-electron chi connectivity index (χ0n) is 12.6. The Morgan fingerprint density at radius 2 is 1.50 bits per heavy atom. The maximum Gasteiger partial charge on any atom is 0.236 e. The lowest BCUT2D eigenvalue weighted by Crippen LogP contribution is -2.51. The molecule has 0 aliphatic carbocycles. The maximum atomic E-state index is 12.6. The molecule has 3 aliphatic rings. The van der Waals surface area contributed by atoms with Crippen LogP contribution in [0.1, 0.15) is 57.8 Å². The van der Waals surface area contributed by atoms with E-state index >= 15 is 0 Å². The highest BCUT2D eigenvalue weighted by molar-refractivity contribution is 5.78. The smallest absolute Gasteiger partial charge is 0.236 e. The van der Waals surface area contributed by atoms with Crippen molar-refractivity contribution in [3.8, 4) is 0 Å². The van der Waals surface area contributed by atoms with Crippen LogP contribution < -0.4 is 5.73 Å². The van der Waals surface area contributed by atoms with E-state index in [0.717, 1.165) is 25.9 Å². The molecule has 3 heterocycles. The fourth-order valence-electron chi connectivity index (χ4n) is 4.33. The SMILES string of the molecule is NC1CC2CCC(C1)N2CC(=O)N1CCCCCCC1. The number of amides is 1. The molecule has 3 saturated heterocycles. The average molecular weight is 279 g/mol. The second-order valence-electron chi connectivity index (χ2n) is 6.94. The molecular formula is C16H29N3O. The Kier molecular flexibility index (Phi) is 4.61. The van der Waals surface area contributed by atoms with Gasteiger partial charge in [-0.05, 0) is 38.5 Å². The summed E-state index contributed by atoms with van der Waals surface area (Å²) in [6, 6.07) is 1.51. The van der Waals surface area contributed by atoms with E-state index < -0.39 is 0 Å². The maximum absolute atomic E-state index is 12.6. The molecular weight excluding hydrogens is 250 g/mol. The molecule has 0 saturated carbocycles. The molecule has 0 aromatic heterocycles. The number of rotatable bonds is 2. The second-order valence-corrected chi connectivity index (χ2v) is 6.94. The number of carbonyl (C=O) groups excluding carboxylic acids is 1. The van der Waals surface area contributed by atoms with Gasteiger partial charge < -0.3 is 10.6 Å². The molecule has 3 aliphatic heterocycles. The Morgan fingerprint density at radius 1 is 0.950 bits per heavy atom. The van der Waals surface area contributed by atoms with Gasteiger partial charge in [0.05, 0.1) is 6.54 Å². The fraction of sp³-hybridized carbons (Fsp3) is 0.938. The molecule has 2 bridgehead atoms. The molecule has 0 aromatic carbocycles. The molecule has 114 valence electrons. The Labute approximate surface area is 122 Å². The third kappa shape index (κ3) is 3.17. The quantitative estimate of drug-likeness (QED) is 0.837. The van der Waals surface area contributed by atoms with Gasteiger partial charge >= 0.3 is 0 Å². The van der Waals surface area contributed by atoms with E-state index in [1.807, 2.05) is 0 Å². The standard InChI is InChI=1S/C16H29N3O/c17-13-10-14-6-7-15(11-13)19(14)12-16(20)18-8-4-2-1-3-5-9-18/h13-15H,1-12,17H2. The summed E-state index contributed by atoms with van der Waals surface area (Å²) >= 11 is 0. The molecule has 3 fully saturated rings. The minimum atomic E-state index is 0.360. The van der Waals surface area contributed by atoms with Crippen molar-refractivity contribution in [2.75, 3.05) is 19.6 Å². The fourth-order valence-corrected chi connectivity index (χ4v) is 4.33. The van der Waals surface area contributed by atoms with Crippen molar-refractivity contribution in [1.82, 2.24) is 9.80 Å². The molecule has 0 aromatic rings. The van der Waals surface area contributed by atoms with Crippen LogP contribution in [0.25, 0.3) is 0 Å². The molecule has 3 rings (SSSR count). The van der Waals surface area contributed by atoms with Gasteiger partial charge in [0, 0.05) is 31.2 Å². The van der Waals surface area contributed by atoms with Crippen LogP contribution in [-0.2, 0) is 4.79 Å². The van der Waals surface area contributed by atoms with Crippen LogP contribution in [0.15, 0.2) is 0 Å². The van der Waals surface area contributed by atoms with Crippen LogP contribution in [0.5, 0.6) is 0 Å². The van der Waals surface area contributed by atoms with Gasteiger partial charge in [0.25, 0.3) is 0 Å². The van der Waals surface area contributed by atoms with E-state index in [1.165, 1.54) is 44.9 Å². The summed E-state index contributed by atoms with van der Waals surface area (Å²) in [6.45, 7) is 2.59. The van der Waals surface area contributed by atoms with Gasteiger partial charge in [-0.15, -0.1) is 0 Å². The number of piperidine rings is 1. The number of hydrogen-bond donors (Lipinski definition) is 1. The van der Waals surface area contributed by atoms with Crippen molar-refractivity contribution in [3.63, 3.8) is 0 Å². The van der Waals surface area contributed by atoms with Gasteiger partial charge in [-0.25, -0.2) is 0 Å². The largest absolute Gasteiger partial charge is 0.342 e. The highest BCUT2D eigenvalue weighted by Crippen LogP contribution is 2.34. The summed E-state index contributed by atoms with van der Waals surface area (Å²) in [6.07, 6.45) is 10.9. The molecule has 2 atom stereocenters. The number of hydrogen-bond acceptors (Lipinski definition) is 3. The van der Waals surface area contributed by atoms with E-state index in [1.54, 1.807) is 0 Å². The lowest BCUT2D eigenvalue weighted by atomic mass is 9.98. The normalized spacial score (nSPS) is 35.6. The first-order chi connectivity index (χ1) is 9.74. The minimum Gasteiger partial charge on any atom is -0.342 e. The van der Waals surface area contributed by atoms with E-state index in [4.69, 9.17) is 5.73 Å². The Bertz CT molecular complexity index is 325. The van der Waals surface area contributed by atoms with Crippen LogP contribution in [0.2, 0.25) is 0 Å². The van der Waals surface area contributed by atoms with Crippen molar-refractivity contribution in [3.05, 3.63) is 0 Å². The molecule has 4 heteroatoms. The van der Waals surface area contributed by atoms with Gasteiger partial charge in [-0.2, -0.15) is 0 Å². The van der Waals surface area contributed by atoms with E-state index in [2.05, 4.69) is 9.80 Å². The minimum absolute atomic E-state index is 0.360. The predicted octanol–water partition coefficient (Wildman–Crippen LogP) is 1.73. The zero-order chi connectivity index (χ0) is 13.9. The summed E-state index contributed by atoms with van der Waals surface area (Å²) in [5, 5.41) is 0. The monoisotopic (exact) mass is 279 g/mol. The molecule has 0 spiro atoms. The highest BCUT2D eigenvalue weighted by Gasteiger charge is 2.40. The van der Waals surface area contributed by atoms with E-state index in [0.29, 0.717) is 30.6 Å². The Morgan fingerprint density at radius 3 is 2.10 bits per heavy atom. The first-order valence-corrected chi connectivity index (χ1v) is 8.53. The summed E-state index contributed by atoms with van der Waals surface area (Å²) in [5.74, 6) is 0.360. The molecule has 4 nitrogen and oxygen atoms in total. The first-order valence-electron chi connectivity index (χ1n) is 8.53. The summed E-state index contributed by atoms with van der Waals surface area (Å²) in [4.78, 5) is 17.2. The molecule has 0 radical (unpaired) electrons. The van der Waals surface area contributed by atoms with E-state index in [9.17, 15) is 4.79 Å². The number of carbonyl (C=O) groups is 1. The van der Waals surface area contributed by atoms with Crippen molar-refractivity contribution in [2.45, 2.75) is 75.9 Å². The average Bonchev–Trinajstić information content (AvgIpc) is 2.62. The number of nitrogens with two attached hydrogens (primary N) is 1. The van der Waals surface area contributed by atoms with Gasteiger partial charge in [0.15, 0.2) is 0 Å². The molecule has 20 heavy (non-hydrogen) atoms. The van der Waals surface area contributed by atoms with Crippen molar-refractivity contribution < 1.29 is 4.79 Å². The van der Waals surface area contributed by atoms with Crippen LogP contribution in [0, 0.1) is 0 Å². The number of nitrogens with zero attached hydrogens (tertiary/aromatic N) is 2. The molecule has 2 N–H and O–H groups in total. The lowest BCUT2D eigenvalue weighted by molar-refractivity contribution is -0.134. The van der Waals surface area contributed by atoms with Gasteiger partial charge in [0.2, 0.25) is 5.91 Å². The third-order valence-corrected chi connectivity index (χ3v) is 5.45. The topological polar surface area (TPSA) is 49.6 Å². The Balaban J connectivity index is 1.55. The van der Waals surface area contributed by atoms with Gasteiger partial charge in [0.1, 0.15) is 0 Å². The van der Waals surface area contributed by atoms with Gasteiger partial charge in [-0.3, -0.25) is 9.69 Å². The summed E-state index contributed by atoms with van der Waals surface area (Å²) in [5.41, 5.74) is 6.11. The predicted molar refractivity (Wildman–Crippen MR) is 80.4 cm³/mol. The Hall–Kier alpha value is -0.610. The summed E-state index contributed by atoms with van der Waals surface area (Å²) in [7, 11) is 0. The van der Waals surface area contributed by atoms with E-state index in [-0.39, 0.29) is 0 Å². The first kappa shape index (κ1) is 14.3. The van der Waals surface area contributed by atoms with Crippen LogP contribution >= 0.6 is 0 Å². The van der Waals surface area contributed by atoms with Crippen molar-refractivity contribution >= 4 is 5.91 Å². The number of fused-ring (bicyclic) bond motifs is 2.